The minimum atomic E-state index is -0.465. The third kappa shape index (κ3) is 4.20. The van der Waals surface area contributed by atoms with Crippen molar-refractivity contribution in [1.82, 2.24) is 0 Å². The molecule has 0 unspecified atom stereocenters. The van der Waals surface area contributed by atoms with E-state index in [1.807, 2.05) is 18.2 Å². The first-order valence-corrected chi connectivity index (χ1v) is 5.94. The number of amides is 1. The second-order valence-corrected chi connectivity index (χ2v) is 4.32. The lowest BCUT2D eigenvalue weighted by Crippen LogP contribution is -2.81. The fraction of sp³-hybridized carbons (Fsp3) is 0.364. The van der Waals surface area contributed by atoms with Crippen molar-refractivity contribution >= 4 is 21.8 Å². The van der Waals surface area contributed by atoms with Crippen LogP contribution in [0.4, 0.5) is 0 Å². The molecule has 0 saturated heterocycles. The van der Waals surface area contributed by atoms with Gasteiger partial charge in [0, 0.05) is 10.0 Å². The molecule has 0 aromatic heterocycles. The van der Waals surface area contributed by atoms with Gasteiger partial charge in [-0.2, -0.15) is 0 Å². The summed E-state index contributed by atoms with van der Waals surface area (Å²) in [6.45, 7) is 3.83. The summed E-state index contributed by atoms with van der Waals surface area (Å²) in [7, 11) is 0. The summed E-state index contributed by atoms with van der Waals surface area (Å²) in [4.78, 5) is 10.6. The van der Waals surface area contributed by atoms with Gasteiger partial charge in [0.2, 0.25) is 0 Å². The van der Waals surface area contributed by atoms with Gasteiger partial charge in [0.25, 0.3) is 5.91 Å². The highest BCUT2D eigenvalue weighted by Gasteiger charge is 2.07. The molecular weight excluding hydrogens is 272 g/mol. The fourth-order valence-corrected chi connectivity index (χ4v) is 1.71. The van der Waals surface area contributed by atoms with Crippen molar-refractivity contribution in [1.29, 1.82) is 0 Å². The zero-order valence-electron chi connectivity index (χ0n) is 9.20. The van der Waals surface area contributed by atoms with Gasteiger partial charge in [0.15, 0.2) is 6.61 Å². The second kappa shape index (κ2) is 6.50. The molecule has 1 aromatic carbocycles. The predicted octanol–water partition coefficient (Wildman–Crippen LogP) is 0.396. The summed E-state index contributed by atoms with van der Waals surface area (Å²) in [6, 6.07) is 5.71. The average molecular weight is 288 g/mol. The number of nitrogens with two attached hydrogens (primary N) is 2. The third-order valence-electron chi connectivity index (χ3n) is 2.05. The number of hydrogen-bond acceptors (Lipinski definition) is 2. The molecule has 4 N–H and O–H groups in total. The Morgan fingerprint density at radius 2 is 2.31 bits per heavy atom. The van der Waals surface area contributed by atoms with Crippen LogP contribution >= 0.6 is 15.9 Å². The molecule has 1 aromatic rings. The predicted molar refractivity (Wildman–Crippen MR) is 65.0 cm³/mol. The molecule has 0 saturated carbocycles. The summed E-state index contributed by atoms with van der Waals surface area (Å²) < 4.78 is 6.33. The van der Waals surface area contributed by atoms with Crippen LogP contribution in [0.2, 0.25) is 0 Å². The van der Waals surface area contributed by atoms with Crippen LogP contribution in [0.15, 0.2) is 22.7 Å². The van der Waals surface area contributed by atoms with Crippen molar-refractivity contribution in [2.24, 2.45) is 5.73 Å². The van der Waals surface area contributed by atoms with Crippen LogP contribution in [0, 0.1) is 0 Å². The minimum absolute atomic E-state index is 0.0826. The lowest BCUT2D eigenvalue weighted by molar-refractivity contribution is -0.667. The third-order valence-corrected chi connectivity index (χ3v) is 2.54. The number of hydrogen-bond donors (Lipinski definition) is 2. The van der Waals surface area contributed by atoms with Crippen molar-refractivity contribution in [3.05, 3.63) is 28.2 Å². The molecule has 5 heteroatoms. The molecule has 0 aliphatic heterocycles. The zero-order valence-corrected chi connectivity index (χ0v) is 10.8. The first-order valence-electron chi connectivity index (χ1n) is 5.14. The normalized spacial score (nSPS) is 10.1. The maximum Gasteiger partial charge on any atom is 0.255 e. The topological polar surface area (TPSA) is 68.9 Å². The Labute approximate surface area is 103 Å². The van der Waals surface area contributed by atoms with Crippen LogP contribution in [-0.4, -0.2) is 19.1 Å². The van der Waals surface area contributed by atoms with E-state index in [2.05, 4.69) is 28.2 Å². The molecule has 88 valence electrons. The van der Waals surface area contributed by atoms with Crippen LogP contribution in [-0.2, 0) is 11.3 Å². The SMILES string of the molecule is CC[NH2+]Cc1cc(Br)ccc1OCC(N)=O. The summed E-state index contributed by atoms with van der Waals surface area (Å²) in [5, 5.41) is 2.15. The number of carbonyl (C=O) groups excluding carboxylic acids is 1. The Balaban J connectivity index is 2.76. The van der Waals surface area contributed by atoms with E-state index >= 15 is 0 Å². The maximum atomic E-state index is 10.6. The Morgan fingerprint density at radius 3 is 2.94 bits per heavy atom. The van der Waals surface area contributed by atoms with E-state index in [0.29, 0.717) is 5.75 Å². The standard InChI is InChI=1S/C11H15BrN2O2/c1-2-14-6-8-5-9(12)3-4-10(8)16-7-11(13)15/h3-5,14H,2,6-7H2,1H3,(H2,13,15)/p+1. The van der Waals surface area contributed by atoms with Gasteiger partial charge in [-0.3, -0.25) is 4.79 Å². The van der Waals surface area contributed by atoms with Crippen LogP contribution in [0.1, 0.15) is 12.5 Å². The molecule has 4 nitrogen and oxygen atoms in total. The number of halogens is 1. The van der Waals surface area contributed by atoms with Gasteiger partial charge in [-0.25, -0.2) is 0 Å². The lowest BCUT2D eigenvalue weighted by Gasteiger charge is -2.09. The number of quaternary nitrogens is 1. The Hall–Kier alpha value is -1.07. The van der Waals surface area contributed by atoms with Crippen molar-refractivity contribution in [2.45, 2.75) is 13.5 Å². The molecule has 0 spiro atoms. The van der Waals surface area contributed by atoms with Gasteiger partial charge in [0.1, 0.15) is 12.3 Å². The second-order valence-electron chi connectivity index (χ2n) is 3.41. The summed E-state index contributed by atoms with van der Waals surface area (Å²) in [5.41, 5.74) is 6.09. The molecule has 0 radical (unpaired) electrons. The van der Waals surface area contributed by atoms with Crippen LogP contribution in [0.25, 0.3) is 0 Å². The smallest absolute Gasteiger partial charge is 0.255 e. The zero-order chi connectivity index (χ0) is 12.0. The highest BCUT2D eigenvalue weighted by atomic mass is 79.9. The van der Waals surface area contributed by atoms with Crippen molar-refractivity contribution < 1.29 is 14.8 Å². The molecular formula is C11H16BrN2O2+. The molecule has 16 heavy (non-hydrogen) atoms. The number of benzene rings is 1. The number of primary amides is 1. The van der Waals surface area contributed by atoms with Crippen LogP contribution < -0.4 is 15.8 Å². The summed E-state index contributed by atoms with van der Waals surface area (Å²) in [5.74, 6) is 0.250. The fourth-order valence-electron chi connectivity index (χ4n) is 1.30. The van der Waals surface area contributed by atoms with Gasteiger partial charge in [-0.1, -0.05) is 15.9 Å². The maximum absolute atomic E-state index is 10.6. The summed E-state index contributed by atoms with van der Waals surface area (Å²) >= 11 is 3.41. The molecule has 0 aliphatic rings. The van der Waals surface area contributed by atoms with E-state index in [-0.39, 0.29) is 6.61 Å². The number of carbonyl (C=O) groups is 1. The van der Waals surface area contributed by atoms with E-state index in [9.17, 15) is 4.79 Å². The minimum Gasteiger partial charge on any atom is -0.483 e. The molecule has 0 fully saturated rings. The molecule has 0 atom stereocenters. The number of rotatable bonds is 6. The van der Waals surface area contributed by atoms with E-state index in [1.54, 1.807) is 0 Å². The quantitative estimate of drug-likeness (QED) is 0.795. The van der Waals surface area contributed by atoms with Gasteiger partial charge in [0.05, 0.1) is 6.54 Å². The molecule has 1 amide bonds. The van der Waals surface area contributed by atoms with Gasteiger partial charge in [-0.15, -0.1) is 0 Å². The Morgan fingerprint density at radius 1 is 1.56 bits per heavy atom. The van der Waals surface area contributed by atoms with Crippen molar-refractivity contribution in [2.75, 3.05) is 13.2 Å². The first-order chi connectivity index (χ1) is 7.63. The Kier molecular flexibility index (Phi) is 5.28. The van der Waals surface area contributed by atoms with E-state index < -0.39 is 5.91 Å². The average Bonchev–Trinajstić information content (AvgIpc) is 2.24. The molecule has 0 bridgehead atoms. The van der Waals surface area contributed by atoms with Crippen LogP contribution in [0.3, 0.4) is 0 Å². The first kappa shape index (κ1) is 13.0. The highest BCUT2D eigenvalue weighted by Crippen LogP contribution is 2.22. The number of ether oxygens (including phenoxy) is 1. The van der Waals surface area contributed by atoms with Crippen molar-refractivity contribution in [3.63, 3.8) is 0 Å². The van der Waals surface area contributed by atoms with E-state index in [0.717, 1.165) is 23.1 Å². The van der Waals surface area contributed by atoms with Gasteiger partial charge >= 0.3 is 0 Å². The van der Waals surface area contributed by atoms with E-state index in [4.69, 9.17) is 10.5 Å². The molecule has 0 heterocycles. The summed E-state index contributed by atoms with van der Waals surface area (Å²) in [6.07, 6.45) is 0. The van der Waals surface area contributed by atoms with Gasteiger partial charge in [-0.05, 0) is 25.1 Å². The van der Waals surface area contributed by atoms with Crippen molar-refractivity contribution in [3.8, 4) is 5.75 Å². The molecule has 0 aliphatic carbocycles. The Bertz CT molecular complexity index is 369. The van der Waals surface area contributed by atoms with E-state index in [1.165, 1.54) is 0 Å². The highest BCUT2D eigenvalue weighted by molar-refractivity contribution is 9.10. The van der Waals surface area contributed by atoms with Gasteiger partial charge < -0.3 is 15.8 Å². The molecule has 1 rings (SSSR count). The lowest BCUT2D eigenvalue weighted by atomic mass is 10.2. The van der Waals surface area contributed by atoms with Crippen LogP contribution in [0.5, 0.6) is 5.75 Å². The largest absolute Gasteiger partial charge is 0.483 e. The monoisotopic (exact) mass is 287 g/mol.